The van der Waals surface area contributed by atoms with Crippen LogP contribution in [0.5, 0.6) is 0 Å². The summed E-state index contributed by atoms with van der Waals surface area (Å²) in [4.78, 5) is 14.4. The molecule has 12 heteroatoms. The van der Waals surface area contributed by atoms with E-state index in [0.29, 0.717) is 37.0 Å². The Balaban J connectivity index is 1.23. The van der Waals surface area contributed by atoms with Gasteiger partial charge in [0.1, 0.15) is 0 Å². The lowest BCUT2D eigenvalue weighted by Crippen LogP contribution is -2.37. The maximum atomic E-state index is 14.2. The number of hydrogen-bond donors (Lipinski definition) is 2. The number of rotatable bonds is 7. The van der Waals surface area contributed by atoms with Gasteiger partial charge in [-0.3, -0.25) is 4.98 Å². The highest BCUT2D eigenvalue weighted by Crippen LogP contribution is 2.30. The van der Waals surface area contributed by atoms with Crippen molar-refractivity contribution in [2.24, 2.45) is 5.10 Å². The van der Waals surface area contributed by atoms with Gasteiger partial charge in [0, 0.05) is 29.4 Å². The molecule has 4 aromatic rings. The van der Waals surface area contributed by atoms with Crippen molar-refractivity contribution in [3.8, 4) is 11.1 Å². The average molecular weight is 520 g/mol. The number of hydrogen-bond acceptors (Lipinski definition) is 10. The van der Waals surface area contributed by atoms with Crippen molar-refractivity contribution in [1.82, 2.24) is 25.1 Å². The van der Waals surface area contributed by atoms with Crippen molar-refractivity contribution in [2.45, 2.75) is 6.92 Å². The summed E-state index contributed by atoms with van der Waals surface area (Å²) < 4.78 is 19.5. The molecule has 2 N–H and O–H groups in total. The molecule has 0 bridgehead atoms. The molecule has 0 aliphatic carbocycles. The van der Waals surface area contributed by atoms with Gasteiger partial charge in [-0.15, -0.1) is 0 Å². The van der Waals surface area contributed by atoms with E-state index in [9.17, 15) is 4.39 Å². The molecule has 0 atom stereocenters. The lowest BCUT2D eigenvalue weighted by molar-refractivity contribution is 0.122. The Labute approximate surface area is 217 Å². The molecular weight excluding hydrogens is 497 g/mol. The third kappa shape index (κ3) is 6.13. The number of anilines is 4. The maximum Gasteiger partial charge on any atom is 0.245 e. The zero-order valence-electron chi connectivity index (χ0n) is 19.9. The predicted octanol–water partition coefficient (Wildman–Crippen LogP) is 4.46. The summed E-state index contributed by atoms with van der Waals surface area (Å²) in [5.41, 5.74) is 7.83. The van der Waals surface area contributed by atoms with Crippen LogP contribution in [0.3, 0.4) is 0 Å². The third-order valence-electron chi connectivity index (χ3n) is 5.61. The molecule has 1 aliphatic heterocycles. The number of benzene rings is 1. The van der Waals surface area contributed by atoms with Crippen molar-refractivity contribution in [3.63, 3.8) is 0 Å². The van der Waals surface area contributed by atoms with E-state index in [4.69, 9.17) is 16.3 Å². The summed E-state index contributed by atoms with van der Waals surface area (Å²) in [6.07, 6.45) is 7.78. The number of ether oxygens (including phenoxy) is 1. The molecular formula is C25H23ClFN9O. The van der Waals surface area contributed by atoms with E-state index in [1.165, 1.54) is 6.21 Å². The fourth-order valence-electron chi connectivity index (χ4n) is 3.79. The Bertz CT molecular complexity index is 1410. The highest BCUT2D eigenvalue weighted by Gasteiger charge is 2.17. The van der Waals surface area contributed by atoms with Crippen LogP contribution in [0.1, 0.15) is 11.3 Å². The first-order chi connectivity index (χ1) is 18.0. The van der Waals surface area contributed by atoms with E-state index in [1.807, 2.05) is 36.1 Å². The van der Waals surface area contributed by atoms with Gasteiger partial charge in [-0.25, -0.2) is 14.8 Å². The maximum absolute atomic E-state index is 14.2. The van der Waals surface area contributed by atoms with Crippen molar-refractivity contribution >= 4 is 41.0 Å². The highest BCUT2D eigenvalue weighted by molar-refractivity contribution is 6.31. The van der Waals surface area contributed by atoms with Crippen molar-refractivity contribution in [2.75, 3.05) is 41.9 Å². The zero-order valence-corrected chi connectivity index (χ0v) is 20.7. The van der Waals surface area contributed by atoms with Crippen molar-refractivity contribution < 1.29 is 9.13 Å². The van der Waals surface area contributed by atoms with Crippen molar-refractivity contribution in [1.29, 1.82) is 0 Å². The molecule has 0 radical (unpaired) electrons. The van der Waals surface area contributed by atoms with Crippen LogP contribution in [0.4, 0.5) is 27.5 Å². The number of morpholine rings is 1. The summed E-state index contributed by atoms with van der Waals surface area (Å²) in [5.74, 6) is -0.0708. The van der Waals surface area contributed by atoms with Crippen LogP contribution in [-0.4, -0.2) is 57.7 Å². The van der Waals surface area contributed by atoms with Crippen LogP contribution in [0.25, 0.3) is 11.1 Å². The monoisotopic (exact) mass is 519 g/mol. The number of nitrogens with zero attached hydrogens (tertiary/aromatic N) is 7. The summed E-state index contributed by atoms with van der Waals surface area (Å²) in [6.45, 7) is 4.17. The summed E-state index contributed by atoms with van der Waals surface area (Å²) in [5, 5.41) is 15.9. The molecule has 1 aromatic carbocycles. The molecule has 5 rings (SSSR count). The van der Waals surface area contributed by atoms with Gasteiger partial charge in [-0.1, -0.05) is 11.6 Å². The Kier molecular flexibility index (Phi) is 7.43. The largest absolute Gasteiger partial charge is 0.378 e. The van der Waals surface area contributed by atoms with Crippen molar-refractivity contribution in [3.05, 3.63) is 77.2 Å². The first kappa shape index (κ1) is 24.5. The molecule has 37 heavy (non-hydrogen) atoms. The minimum atomic E-state index is -0.486. The lowest BCUT2D eigenvalue weighted by Gasteiger charge is -2.27. The fraction of sp³-hybridized carbons (Fsp3) is 0.200. The molecule has 1 fully saturated rings. The standard InChI is InChI=1S/C25H23ClFN9O/c1-16-11-30-31-14-22(16)17-8-18(26)10-21(9-17)33-20-3-2-19(28-12-20)13-32-35-25-29-15-23(27)24(34-25)36-4-6-37-7-5-36/h2-3,8-15,33H,4-7H2,1H3,(H,29,34,35)/b32-13+. The second-order valence-corrected chi connectivity index (χ2v) is 8.68. The van der Waals surface area contributed by atoms with Crippen LogP contribution in [0, 0.1) is 12.7 Å². The second kappa shape index (κ2) is 11.2. The van der Waals surface area contributed by atoms with Crippen LogP contribution in [0.2, 0.25) is 5.02 Å². The summed E-state index contributed by atoms with van der Waals surface area (Å²) in [7, 11) is 0. The van der Waals surface area contributed by atoms with Crippen LogP contribution in [0.15, 0.2) is 60.2 Å². The minimum Gasteiger partial charge on any atom is -0.378 e. The molecule has 0 amide bonds. The normalized spacial score (nSPS) is 13.6. The van der Waals surface area contributed by atoms with Gasteiger partial charge >= 0.3 is 0 Å². The number of halogens is 2. The Hall–Kier alpha value is -4.22. The Morgan fingerprint density at radius 3 is 2.65 bits per heavy atom. The smallest absolute Gasteiger partial charge is 0.245 e. The summed E-state index contributed by atoms with van der Waals surface area (Å²) >= 11 is 6.36. The zero-order chi connectivity index (χ0) is 25.6. The molecule has 1 saturated heterocycles. The van der Waals surface area contributed by atoms with Gasteiger partial charge in [0.25, 0.3) is 0 Å². The lowest BCUT2D eigenvalue weighted by atomic mass is 10.0. The molecule has 10 nitrogen and oxygen atoms in total. The molecule has 3 aromatic heterocycles. The minimum absolute atomic E-state index is 0.189. The van der Waals surface area contributed by atoms with Crippen LogP contribution < -0.4 is 15.6 Å². The SMILES string of the molecule is Cc1cnncc1-c1cc(Cl)cc(Nc2ccc(/C=N/Nc3ncc(F)c(N4CCOCC4)n3)nc2)c1. The third-order valence-corrected chi connectivity index (χ3v) is 5.83. The topological polar surface area (TPSA) is 113 Å². The Morgan fingerprint density at radius 2 is 1.86 bits per heavy atom. The summed E-state index contributed by atoms with van der Waals surface area (Å²) in [6, 6.07) is 9.39. The van der Waals surface area contributed by atoms with Gasteiger partial charge < -0.3 is 15.0 Å². The molecule has 0 spiro atoms. The van der Waals surface area contributed by atoms with Gasteiger partial charge in [-0.2, -0.15) is 20.3 Å². The molecule has 0 saturated carbocycles. The second-order valence-electron chi connectivity index (χ2n) is 8.25. The van der Waals surface area contributed by atoms with E-state index in [2.05, 4.69) is 41.0 Å². The van der Waals surface area contributed by atoms with E-state index >= 15 is 0 Å². The molecule has 4 heterocycles. The predicted molar refractivity (Wildman–Crippen MR) is 141 cm³/mol. The average Bonchev–Trinajstić information content (AvgIpc) is 2.91. The van der Waals surface area contributed by atoms with E-state index in [1.54, 1.807) is 24.7 Å². The number of nitrogens with one attached hydrogen (secondary N) is 2. The van der Waals surface area contributed by atoms with E-state index in [0.717, 1.165) is 34.3 Å². The highest BCUT2D eigenvalue weighted by atomic mass is 35.5. The van der Waals surface area contributed by atoms with Gasteiger partial charge in [-0.05, 0) is 48.4 Å². The first-order valence-electron chi connectivity index (χ1n) is 11.5. The van der Waals surface area contributed by atoms with Gasteiger partial charge in [0.05, 0.1) is 55.6 Å². The first-order valence-corrected chi connectivity index (χ1v) is 11.9. The molecule has 188 valence electrons. The molecule has 0 unspecified atom stereocenters. The quantitative estimate of drug-likeness (QED) is 0.270. The van der Waals surface area contributed by atoms with Gasteiger partial charge in [0.2, 0.25) is 5.95 Å². The number of aromatic nitrogens is 5. The Morgan fingerprint density at radius 1 is 1.03 bits per heavy atom. The van der Waals surface area contributed by atoms with E-state index in [-0.39, 0.29) is 11.8 Å². The molecule has 1 aliphatic rings. The number of pyridine rings is 1. The van der Waals surface area contributed by atoms with Gasteiger partial charge in [0.15, 0.2) is 11.6 Å². The van der Waals surface area contributed by atoms with E-state index < -0.39 is 5.82 Å². The fourth-order valence-corrected chi connectivity index (χ4v) is 4.02. The number of aryl methyl sites for hydroxylation is 1. The van der Waals surface area contributed by atoms with Crippen LogP contribution in [-0.2, 0) is 4.74 Å². The number of hydrazone groups is 1. The van der Waals surface area contributed by atoms with Crippen LogP contribution >= 0.6 is 11.6 Å².